The maximum Gasteiger partial charge on any atom is 0.348 e. The van der Waals surface area contributed by atoms with Crippen LogP contribution >= 0.6 is 11.6 Å². The Morgan fingerprint density at radius 1 is 1.16 bits per heavy atom. The van der Waals surface area contributed by atoms with Gasteiger partial charge in [0.2, 0.25) is 0 Å². The van der Waals surface area contributed by atoms with Crippen LogP contribution in [-0.2, 0) is 16.1 Å². The van der Waals surface area contributed by atoms with Crippen LogP contribution in [-0.4, -0.2) is 32.4 Å². The number of alkyl halides is 1. The smallest absolute Gasteiger partial charge is 0.348 e. The van der Waals surface area contributed by atoms with E-state index in [9.17, 15) is 14.4 Å². The zero-order valence-electron chi connectivity index (χ0n) is 13.9. The van der Waals surface area contributed by atoms with Crippen LogP contribution in [0.2, 0.25) is 0 Å². The van der Waals surface area contributed by atoms with Crippen molar-refractivity contribution in [3.8, 4) is 0 Å². The molecule has 0 bridgehead atoms. The van der Waals surface area contributed by atoms with Gasteiger partial charge < -0.3 is 4.74 Å². The van der Waals surface area contributed by atoms with Crippen LogP contribution in [0.3, 0.4) is 0 Å². The number of benzene rings is 1. The predicted molar refractivity (Wildman–Crippen MR) is 93.2 cm³/mol. The van der Waals surface area contributed by atoms with Crippen molar-refractivity contribution in [3.05, 3.63) is 56.9 Å². The zero-order valence-corrected chi connectivity index (χ0v) is 14.7. The third-order valence-electron chi connectivity index (χ3n) is 4.44. The first-order valence-electron chi connectivity index (χ1n) is 8.31. The topological polar surface area (TPSA) is 75.2 Å². The highest BCUT2D eigenvalue weighted by Crippen LogP contribution is 2.31. The number of nitrogens with zero attached hydrogens (tertiary/aromatic N) is 3. The van der Waals surface area contributed by atoms with Gasteiger partial charge in [0.25, 0.3) is 0 Å². The van der Waals surface area contributed by atoms with E-state index in [-0.39, 0.29) is 25.1 Å². The van der Waals surface area contributed by atoms with Crippen LogP contribution in [0.4, 0.5) is 0 Å². The second-order valence-electron chi connectivity index (χ2n) is 5.87. The summed E-state index contributed by atoms with van der Waals surface area (Å²) in [7, 11) is 0. The number of carbonyl (C=O) groups excluding carboxylic acids is 1. The lowest BCUT2D eigenvalue weighted by Crippen LogP contribution is -2.41. The maximum absolute atomic E-state index is 12.8. The fourth-order valence-corrected chi connectivity index (χ4v) is 3.52. The molecule has 2 atom stereocenters. The van der Waals surface area contributed by atoms with Gasteiger partial charge in [0.1, 0.15) is 0 Å². The van der Waals surface area contributed by atoms with Gasteiger partial charge in [-0.05, 0) is 25.3 Å². The van der Waals surface area contributed by atoms with Crippen LogP contribution in [0.1, 0.15) is 37.4 Å². The number of fused-ring (bicyclic) bond motifs is 1. The first kappa shape index (κ1) is 17.5. The Hall–Kier alpha value is -2.28. The molecule has 2 heterocycles. The van der Waals surface area contributed by atoms with E-state index in [0.717, 1.165) is 10.1 Å². The summed E-state index contributed by atoms with van der Waals surface area (Å²) in [6.07, 6.45) is 1.00. The summed E-state index contributed by atoms with van der Waals surface area (Å²) in [6, 6.07) is 8.39. The zero-order chi connectivity index (χ0) is 18.0. The minimum absolute atomic E-state index is 0.100. The average Bonchev–Trinajstić information content (AvgIpc) is 2.88. The van der Waals surface area contributed by atoms with E-state index in [1.807, 2.05) is 30.3 Å². The molecule has 1 aliphatic heterocycles. The summed E-state index contributed by atoms with van der Waals surface area (Å²) in [5.74, 6) is -0.355. The molecule has 134 valence electrons. The lowest BCUT2D eigenvalue weighted by Gasteiger charge is -2.30. The summed E-state index contributed by atoms with van der Waals surface area (Å²) in [5.41, 5.74) is -0.0541. The molecule has 3 rings (SSSR count). The quantitative estimate of drug-likeness (QED) is 0.595. The van der Waals surface area contributed by atoms with Crippen LogP contribution < -0.4 is 11.4 Å². The SMILES string of the molecule is CCOC(=O)C1CCC(c2ccccc2)n2c(=O)n(CCCl)c(=O)n21. The van der Waals surface area contributed by atoms with Gasteiger partial charge in [-0.3, -0.25) is 0 Å². The first-order valence-corrected chi connectivity index (χ1v) is 8.85. The molecule has 1 aromatic carbocycles. The van der Waals surface area contributed by atoms with E-state index in [2.05, 4.69) is 0 Å². The number of hydrogen-bond acceptors (Lipinski definition) is 4. The second-order valence-corrected chi connectivity index (χ2v) is 6.24. The molecule has 0 spiro atoms. The molecule has 2 unspecified atom stereocenters. The largest absolute Gasteiger partial charge is 0.464 e. The van der Waals surface area contributed by atoms with Gasteiger partial charge in [-0.25, -0.2) is 28.3 Å². The van der Waals surface area contributed by atoms with Gasteiger partial charge in [0.05, 0.1) is 12.6 Å². The molecule has 8 heteroatoms. The number of ether oxygens (including phenoxy) is 1. The summed E-state index contributed by atoms with van der Waals surface area (Å²) in [6.45, 7) is 2.03. The molecular formula is C17H20ClN3O4. The van der Waals surface area contributed by atoms with Crippen molar-refractivity contribution < 1.29 is 9.53 Å². The van der Waals surface area contributed by atoms with Crippen LogP contribution in [0.15, 0.2) is 39.9 Å². The van der Waals surface area contributed by atoms with Crippen LogP contribution in [0.25, 0.3) is 0 Å². The third kappa shape index (κ3) is 3.04. The van der Waals surface area contributed by atoms with E-state index >= 15 is 0 Å². The molecule has 0 radical (unpaired) electrons. The summed E-state index contributed by atoms with van der Waals surface area (Å²) < 4.78 is 8.81. The molecule has 25 heavy (non-hydrogen) atoms. The number of aromatic nitrogens is 3. The number of rotatable bonds is 5. The lowest BCUT2D eigenvalue weighted by molar-refractivity contribution is -0.149. The average molecular weight is 366 g/mol. The molecule has 0 aliphatic carbocycles. The Morgan fingerprint density at radius 3 is 2.48 bits per heavy atom. The molecular weight excluding hydrogens is 346 g/mol. The Morgan fingerprint density at radius 2 is 1.84 bits per heavy atom. The van der Waals surface area contributed by atoms with Crippen molar-refractivity contribution in [1.82, 2.24) is 13.9 Å². The second kappa shape index (κ2) is 7.31. The first-order chi connectivity index (χ1) is 12.1. The highest BCUT2D eigenvalue weighted by atomic mass is 35.5. The molecule has 1 aromatic heterocycles. The molecule has 0 N–H and O–H groups in total. The van der Waals surface area contributed by atoms with Crippen LogP contribution in [0.5, 0.6) is 0 Å². The minimum atomic E-state index is -0.795. The molecule has 0 fully saturated rings. The van der Waals surface area contributed by atoms with E-state index in [0.29, 0.717) is 12.8 Å². The normalized spacial score (nSPS) is 19.4. The van der Waals surface area contributed by atoms with Crippen molar-refractivity contribution in [1.29, 1.82) is 0 Å². The lowest BCUT2D eigenvalue weighted by atomic mass is 9.97. The van der Waals surface area contributed by atoms with Gasteiger partial charge in [-0.2, -0.15) is 0 Å². The molecule has 2 aromatic rings. The highest BCUT2D eigenvalue weighted by molar-refractivity contribution is 6.17. The molecule has 0 amide bonds. The van der Waals surface area contributed by atoms with Gasteiger partial charge in [-0.1, -0.05) is 30.3 Å². The van der Waals surface area contributed by atoms with E-state index < -0.39 is 23.4 Å². The van der Waals surface area contributed by atoms with Crippen molar-refractivity contribution >= 4 is 17.6 Å². The summed E-state index contributed by atoms with van der Waals surface area (Å²) in [4.78, 5) is 37.9. The monoisotopic (exact) mass is 365 g/mol. The molecule has 1 aliphatic rings. The Kier molecular flexibility index (Phi) is 5.13. The van der Waals surface area contributed by atoms with Gasteiger partial charge in [0.15, 0.2) is 6.04 Å². The molecule has 7 nitrogen and oxygen atoms in total. The fraction of sp³-hybridized carbons (Fsp3) is 0.471. The van der Waals surface area contributed by atoms with E-state index in [1.165, 1.54) is 9.36 Å². The summed E-state index contributed by atoms with van der Waals surface area (Å²) in [5, 5.41) is 0. The van der Waals surface area contributed by atoms with Crippen molar-refractivity contribution in [3.63, 3.8) is 0 Å². The van der Waals surface area contributed by atoms with Crippen molar-refractivity contribution in [2.24, 2.45) is 0 Å². The minimum Gasteiger partial charge on any atom is -0.464 e. The highest BCUT2D eigenvalue weighted by Gasteiger charge is 2.37. The Bertz CT molecular complexity index is 868. The van der Waals surface area contributed by atoms with Gasteiger partial charge in [0, 0.05) is 12.4 Å². The predicted octanol–water partition coefficient (Wildman–Crippen LogP) is 1.54. The van der Waals surface area contributed by atoms with Crippen LogP contribution in [0, 0.1) is 0 Å². The fourth-order valence-electron chi connectivity index (χ4n) is 3.36. The van der Waals surface area contributed by atoms with Gasteiger partial charge in [-0.15, -0.1) is 11.6 Å². The number of hydrogen-bond donors (Lipinski definition) is 0. The summed E-state index contributed by atoms with van der Waals surface area (Å²) >= 11 is 5.74. The third-order valence-corrected chi connectivity index (χ3v) is 4.61. The molecule has 0 saturated heterocycles. The maximum atomic E-state index is 12.8. The van der Waals surface area contributed by atoms with E-state index in [4.69, 9.17) is 16.3 Å². The van der Waals surface area contributed by atoms with Gasteiger partial charge >= 0.3 is 17.3 Å². The number of halogens is 1. The van der Waals surface area contributed by atoms with E-state index in [1.54, 1.807) is 6.92 Å². The number of esters is 1. The standard InChI is InChI=1S/C17H20ClN3O4/c1-2-25-15(22)14-9-8-13(12-6-4-3-5-7-12)20-16(23)19(11-10-18)17(24)21(14)20/h3-7,13-14H,2,8-11H2,1H3. The van der Waals surface area contributed by atoms with Crippen molar-refractivity contribution in [2.45, 2.75) is 38.4 Å². The van der Waals surface area contributed by atoms with Crippen molar-refractivity contribution in [2.75, 3.05) is 12.5 Å². The Labute approximate surface area is 149 Å². The Balaban J connectivity index is 2.18. The number of carbonyl (C=O) groups is 1. The molecule has 0 saturated carbocycles.